The normalized spacial score (nSPS) is 17.2. The number of benzene rings is 2. The van der Waals surface area contributed by atoms with Gasteiger partial charge < -0.3 is 10.2 Å². The smallest absolute Gasteiger partial charge is 0.225 e. The maximum Gasteiger partial charge on any atom is 0.225 e. The Balaban J connectivity index is 1.32. The second-order valence-electron chi connectivity index (χ2n) is 9.05. The average Bonchev–Trinajstić information content (AvgIpc) is 3.41. The summed E-state index contributed by atoms with van der Waals surface area (Å²) in [5.74, 6) is -0.270. The molecule has 34 heavy (non-hydrogen) atoms. The minimum Gasteiger partial charge on any atom is -0.349 e. The zero-order valence-corrected chi connectivity index (χ0v) is 20.4. The van der Waals surface area contributed by atoms with Crippen LogP contribution in [0.15, 0.2) is 48.5 Å². The molecule has 0 aliphatic carbocycles. The Labute approximate surface area is 202 Å². The molecule has 5 rings (SSSR count). The number of hydrogen-bond acceptors (Lipinski definition) is 5. The van der Waals surface area contributed by atoms with Crippen LogP contribution < -0.4 is 10.2 Å². The summed E-state index contributed by atoms with van der Waals surface area (Å²) in [6.45, 7) is 7.57. The number of anilines is 1. The van der Waals surface area contributed by atoms with Gasteiger partial charge in [-0.05, 0) is 63.4 Å². The molecule has 1 N–H and O–H groups in total. The molecule has 2 unspecified atom stereocenters. The number of carbonyl (C=O) groups excluding carboxylic acids is 1. The molecule has 2 aromatic carbocycles. The van der Waals surface area contributed by atoms with Crippen molar-refractivity contribution in [3.8, 4) is 5.69 Å². The van der Waals surface area contributed by atoms with Crippen LogP contribution in [0, 0.1) is 25.6 Å². The molecular formula is C26H28FN5OS. The summed E-state index contributed by atoms with van der Waals surface area (Å²) in [4.78, 5) is 20.2. The SMILES string of the molecule is Cc1ccc(C(C)NC(=O)C2CCCN(c3nc4c(s3)c(C)nn4-c3ccc(F)cc3)C2)cc1. The Morgan fingerprint density at radius 1 is 1.15 bits per heavy atom. The summed E-state index contributed by atoms with van der Waals surface area (Å²) >= 11 is 1.60. The Morgan fingerprint density at radius 3 is 2.62 bits per heavy atom. The van der Waals surface area contributed by atoms with Crippen molar-refractivity contribution in [2.75, 3.05) is 18.0 Å². The van der Waals surface area contributed by atoms with E-state index >= 15 is 0 Å². The number of amides is 1. The molecule has 8 heteroatoms. The number of piperidine rings is 1. The van der Waals surface area contributed by atoms with E-state index in [0.717, 1.165) is 51.8 Å². The molecule has 4 aromatic rings. The van der Waals surface area contributed by atoms with Crippen LogP contribution in [-0.4, -0.2) is 33.8 Å². The molecular weight excluding hydrogens is 449 g/mol. The van der Waals surface area contributed by atoms with E-state index in [4.69, 9.17) is 4.98 Å². The van der Waals surface area contributed by atoms with Crippen molar-refractivity contribution in [3.63, 3.8) is 0 Å². The molecule has 0 saturated carbocycles. The number of nitrogens with zero attached hydrogens (tertiary/aromatic N) is 4. The highest BCUT2D eigenvalue weighted by atomic mass is 32.1. The van der Waals surface area contributed by atoms with Crippen LogP contribution in [0.2, 0.25) is 0 Å². The van der Waals surface area contributed by atoms with Crippen molar-refractivity contribution >= 4 is 32.7 Å². The summed E-state index contributed by atoms with van der Waals surface area (Å²) < 4.78 is 16.2. The molecule has 1 fully saturated rings. The van der Waals surface area contributed by atoms with Gasteiger partial charge in [-0.2, -0.15) is 10.1 Å². The highest BCUT2D eigenvalue weighted by Crippen LogP contribution is 2.34. The van der Waals surface area contributed by atoms with Crippen LogP contribution in [0.4, 0.5) is 9.52 Å². The van der Waals surface area contributed by atoms with E-state index in [1.165, 1.54) is 17.7 Å². The lowest BCUT2D eigenvalue weighted by atomic mass is 9.96. The number of aryl methyl sites for hydroxylation is 2. The van der Waals surface area contributed by atoms with Crippen molar-refractivity contribution in [3.05, 3.63) is 71.2 Å². The molecule has 176 valence electrons. The number of carbonyl (C=O) groups is 1. The molecule has 3 heterocycles. The van der Waals surface area contributed by atoms with Crippen molar-refractivity contribution in [2.45, 2.75) is 39.7 Å². The molecule has 6 nitrogen and oxygen atoms in total. The first-order valence-corrected chi connectivity index (χ1v) is 12.4. The monoisotopic (exact) mass is 477 g/mol. The maximum absolute atomic E-state index is 13.4. The van der Waals surface area contributed by atoms with Crippen LogP contribution >= 0.6 is 11.3 Å². The molecule has 1 amide bonds. The van der Waals surface area contributed by atoms with Crippen molar-refractivity contribution in [1.82, 2.24) is 20.1 Å². The largest absolute Gasteiger partial charge is 0.349 e. The van der Waals surface area contributed by atoms with E-state index in [2.05, 4.69) is 46.5 Å². The Hall–Kier alpha value is -3.26. The van der Waals surface area contributed by atoms with Gasteiger partial charge in [-0.15, -0.1) is 0 Å². The van der Waals surface area contributed by atoms with Gasteiger partial charge in [-0.25, -0.2) is 9.07 Å². The quantitative estimate of drug-likeness (QED) is 0.422. The number of aromatic nitrogens is 3. The van der Waals surface area contributed by atoms with Gasteiger partial charge in [-0.1, -0.05) is 41.2 Å². The van der Waals surface area contributed by atoms with Crippen molar-refractivity contribution in [2.24, 2.45) is 5.92 Å². The Kier molecular flexibility index (Phi) is 6.08. The summed E-state index contributed by atoms with van der Waals surface area (Å²) in [5, 5.41) is 8.70. The summed E-state index contributed by atoms with van der Waals surface area (Å²) in [7, 11) is 0. The highest BCUT2D eigenvalue weighted by Gasteiger charge is 2.29. The third kappa shape index (κ3) is 4.42. The topological polar surface area (TPSA) is 63.1 Å². The number of fused-ring (bicyclic) bond motifs is 1. The second kappa shape index (κ2) is 9.18. The molecule has 2 aromatic heterocycles. The van der Waals surface area contributed by atoms with Crippen LogP contribution in [0.3, 0.4) is 0 Å². The predicted octanol–water partition coefficient (Wildman–Crippen LogP) is 5.33. The summed E-state index contributed by atoms with van der Waals surface area (Å²) in [6.07, 6.45) is 1.81. The lowest BCUT2D eigenvalue weighted by Gasteiger charge is -2.32. The summed E-state index contributed by atoms with van der Waals surface area (Å²) in [6, 6.07) is 14.5. The number of nitrogens with one attached hydrogen (secondary N) is 1. The fourth-order valence-corrected chi connectivity index (χ4v) is 5.48. The van der Waals surface area contributed by atoms with E-state index in [0.29, 0.717) is 6.54 Å². The third-order valence-corrected chi connectivity index (χ3v) is 7.66. The van der Waals surface area contributed by atoms with Crippen molar-refractivity contribution in [1.29, 1.82) is 0 Å². The van der Waals surface area contributed by atoms with Gasteiger partial charge >= 0.3 is 0 Å². The first-order valence-electron chi connectivity index (χ1n) is 11.6. The van der Waals surface area contributed by atoms with Crippen LogP contribution in [-0.2, 0) is 4.79 Å². The van der Waals surface area contributed by atoms with Crippen LogP contribution in [0.1, 0.15) is 42.6 Å². The van der Waals surface area contributed by atoms with Gasteiger partial charge in [0.1, 0.15) is 5.82 Å². The number of rotatable bonds is 5. The molecule has 1 aliphatic heterocycles. The molecule has 0 spiro atoms. The van der Waals surface area contributed by atoms with E-state index < -0.39 is 0 Å². The summed E-state index contributed by atoms with van der Waals surface area (Å²) in [5.41, 5.74) is 4.75. The lowest BCUT2D eigenvalue weighted by molar-refractivity contribution is -0.125. The first kappa shape index (κ1) is 22.5. The van der Waals surface area contributed by atoms with Gasteiger partial charge in [-0.3, -0.25) is 4.79 Å². The standard InChI is InChI=1S/C26H28FN5OS/c1-16-6-8-19(9-7-16)17(2)28-25(33)20-5-4-14-31(15-20)26-29-24-23(34-26)18(3)30-32(24)22-12-10-21(27)11-13-22/h6-13,17,20H,4-5,14-15H2,1-3H3,(H,28,33). The first-order chi connectivity index (χ1) is 16.4. The predicted molar refractivity (Wildman–Crippen MR) is 134 cm³/mol. The fraction of sp³-hybridized carbons (Fsp3) is 0.346. The van der Waals surface area contributed by atoms with Crippen molar-refractivity contribution < 1.29 is 9.18 Å². The average molecular weight is 478 g/mol. The van der Waals surface area contributed by atoms with E-state index in [1.54, 1.807) is 28.2 Å². The molecule has 1 saturated heterocycles. The van der Waals surface area contributed by atoms with E-state index in [-0.39, 0.29) is 23.7 Å². The zero-order chi connectivity index (χ0) is 23.8. The Bertz CT molecular complexity index is 1310. The van der Waals surface area contributed by atoms with E-state index in [1.807, 2.05) is 13.8 Å². The van der Waals surface area contributed by atoms with Crippen LogP contribution in [0.5, 0.6) is 0 Å². The highest BCUT2D eigenvalue weighted by molar-refractivity contribution is 7.22. The lowest BCUT2D eigenvalue weighted by Crippen LogP contribution is -2.43. The van der Waals surface area contributed by atoms with E-state index in [9.17, 15) is 9.18 Å². The molecule has 0 radical (unpaired) electrons. The fourth-order valence-electron chi connectivity index (χ4n) is 4.46. The Morgan fingerprint density at radius 2 is 1.88 bits per heavy atom. The van der Waals surface area contributed by atoms with Crippen LogP contribution in [0.25, 0.3) is 16.0 Å². The minimum atomic E-state index is -0.280. The van der Waals surface area contributed by atoms with Gasteiger partial charge in [0.15, 0.2) is 10.8 Å². The zero-order valence-electron chi connectivity index (χ0n) is 19.6. The third-order valence-electron chi connectivity index (χ3n) is 6.45. The number of hydrogen-bond donors (Lipinski definition) is 1. The second-order valence-corrected chi connectivity index (χ2v) is 10.0. The maximum atomic E-state index is 13.4. The molecule has 0 bridgehead atoms. The molecule has 1 aliphatic rings. The molecule has 2 atom stereocenters. The van der Waals surface area contributed by atoms with Gasteiger partial charge in [0.25, 0.3) is 0 Å². The van der Waals surface area contributed by atoms with Gasteiger partial charge in [0.2, 0.25) is 5.91 Å². The number of halogens is 1. The minimum absolute atomic E-state index is 0.0322. The van der Waals surface area contributed by atoms with Gasteiger partial charge in [0, 0.05) is 13.1 Å². The van der Waals surface area contributed by atoms with Gasteiger partial charge in [0.05, 0.1) is 28.0 Å². The number of thiazole rings is 1.